The molecular formula is C17H11BrF3NO3S. The third-order valence-electron chi connectivity index (χ3n) is 3.45. The molecule has 0 aliphatic carbocycles. The Morgan fingerprint density at radius 2 is 1.65 bits per heavy atom. The molecule has 136 valence electrons. The molecule has 0 unspecified atom stereocenters. The molecule has 1 N–H and O–H groups in total. The molecule has 26 heavy (non-hydrogen) atoms. The number of ether oxygens (including phenoxy) is 1. The highest BCUT2D eigenvalue weighted by Gasteiger charge is 2.33. The standard InChI is InChI=1S/C17H11BrF3NO3S/c18-12-8-9-14(15(10-12)25-17(19,20)21)22-26(23,24)16-7-3-5-11-4-1-2-6-13(11)16/h1-10,22H. The lowest BCUT2D eigenvalue weighted by atomic mass is 10.1. The zero-order valence-electron chi connectivity index (χ0n) is 12.9. The quantitative estimate of drug-likeness (QED) is 0.592. The molecule has 3 rings (SSSR count). The summed E-state index contributed by atoms with van der Waals surface area (Å²) in [6, 6.07) is 15.1. The van der Waals surface area contributed by atoms with E-state index in [-0.39, 0.29) is 10.6 Å². The minimum atomic E-state index is -4.96. The van der Waals surface area contributed by atoms with Crippen LogP contribution in [0.15, 0.2) is 70.0 Å². The third-order valence-corrected chi connectivity index (χ3v) is 5.37. The van der Waals surface area contributed by atoms with Crippen LogP contribution in [0.1, 0.15) is 0 Å². The Labute approximate surface area is 155 Å². The van der Waals surface area contributed by atoms with Crippen LogP contribution in [0.25, 0.3) is 10.8 Å². The smallest absolute Gasteiger partial charge is 0.403 e. The zero-order chi connectivity index (χ0) is 18.9. The summed E-state index contributed by atoms with van der Waals surface area (Å²) in [5.74, 6) is -0.657. The van der Waals surface area contributed by atoms with Gasteiger partial charge in [-0.2, -0.15) is 0 Å². The summed E-state index contributed by atoms with van der Waals surface area (Å²) in [6.07, 6.45) is -4.96. The molecule has 0 aromatic heterocycles. The fourth-order valence-electron chi connectivity index (χ4n) is 2.42. The molecule has 0 fully saturated rings. The van der Waals surface area contributed by atoms with Gasteiger partial charge in [0.15, 0.2) is 5.75 Å². The number of alkyl halides is 3. The Kier molecular flexibility index (Phi) is 4.85. The number of hydrogen-bond donors (Lipinski definition) is 1. The van der Waals surface area contributed by atoms with Crippen molar-refractivity contribution in [3.63, 3.8) is 0 Å². The maximum atomic E-state index is 12.8. The molecule has 0 aliphatic heterocycles. The lowest BCUT2D eigenvalue weighted by Crippen LogP contribution is -2.20. The molecule has 3 aromatic rings. The fraction of sp³-hybridized carbons (Fsp3) is 0.0588. The van der Waals surface area contributed by atoms with E-state index in [1.54, 1.807) is 36.4 Å². The number of halogens is 4. The van der Waals surface area contributed by atoms with Crippen molar-refractivity contribution < 1.29 is 26.3 Å². The van der Waals surface area contributed by atoms with Crippen molar-refractivity contribution >= 4 is 42.4 Å². The molecule has 0 bridgehead atoms. The maximum Gasteiger partial charge on any atom is 0.573 e. The lowest BCUT2D eigenvalue weighted by molar-refractivity contribution is -0.274. The lowest BCUT2D eigenvalue weighted by Gasteiger charge is -2.16. The van der Waals surface area contributed by atoms with Crippen LogP contribution in [0, 0.1) is 0 Å². The van der Waals surface area contributed by atoms with Crippen LogP contribution in [-0.2, 0) is 10.0 Å². The molecule has 0 radical (unpaired) electrons. The Hall–Kier alpha value is -2.26. The minimum Gasteiger partial charge on any atom is -0.403 e. The third kappa shape index (κ3) is 4.10. The number of sulfonamides is 1. The SMILES string of the molecule is O=S(=O)(Nc1ccc(Br)cc1OC(F)(F)F)c1cccc2ccccc12. The summed E-state index contributed by atoms with van der Waals surface area (Å²) in [7, 11) is -4.14. The highest BCUT2D eigenvalue weighted by atomic mass is 79.9. The number of hydrogen-bond acceptors (Lipinski definition) is 3. The van der Waals surface area contributed by atoms with Crippen molar-refractivity contribution in [1.29, 1.82) is 0 Å². The summed E-state index contributed by atoms with van der Waals surface area (Å²) < 4.78 is 69.7. The molecular weight excluding hydrogens is 435 g/mol. The topological polar surface area (TPSA) is 55.4 Å². The van der Waals surface area contributed by atoms with Gasteiger partial charge in [-0.15, -0.1) is 13.2 Å². The number of benzene rings is 3. The first-order valence-corrected chi connectivity index (χ1v) is 9.49. The molecule has 3 aromatic carbocycles. The van der Waals surface area contributed by atoms with Gasteiger partial charge in [0.2, 0.25) is 0 Å². The molecule has 0 saturated heterocycles. The summed E-state index contributed by atoms with van der Waals surface area (Å²) in [6.45, 7) is 0. The van der Waals surface area contributed by atoms with Gasteiger partial charge in [0.05, 0.1) is 10.6 Å². The largest absolute Gasteiger partial charge is 0.573 e. The number of nitrogens with one attached hydrogen (secondary N) is 1. The molecule has 4 nitrogen and oxygen atoms in total. The average Bonchev–Trinajstić information content (AvgIpc) is 2.55. The van der Waals surface area contributed by atoms with E-state index in [9.17, 15) is 21.6 Å². The number of rotatable bonds is 4. The van der Waals surface area contributed by atoms with Gasteiger partial charge in [0.1, 0.15) is 0 Å². The fourth-order valence-corrected chi connectivity index (χ4v) is 4.06. The van der Waals surface area contributed by atoms with Gasteiger partial charge in [-0.1, -0.05) is 52.3 Å². The van der Waals surface area contributed by atoms with Gasteiger partial charge in [-0.05, 0) is 29.7 Å². The first-order valence-electron chi connectivity index (χ1n) is 7.22. The predicted molar refractivity (Wildman–Crippen MR) is 95.6 cm³/mol. The van der Waals surface area contributed by atoms with Crippen LogP contribution in [-0.4, -0.2) is 14.8 Å². The Morgan fingerprint density at radius 1 is 0.962 bits per heavy atom. The second-order valence-corrected chi connectivity index (χ2v) is 7.84. The summed E-state index contributed by atoms with van der Waals surface area (Å²) in [4.78, 5) is -0.0449. The van der Waals surface area contributed by atoms with Crippen LogP contribution in [0.5, 0.6) is 5.75 Å². The highest BCUT2D eigenvalue weighted by molar-refractivity contribution is 9.10. The van der Waals surface area contributed by atoms with Gasteiger partial charge in [-0.3, -0.25) is 4.72 Å². The number of fused-ring (bicyclic) bond motifs is 1. The van der Waals surface area contributed by atoms with Crippen molar-refractivity contribution in [3.8, 4) is 5.75 Å². The summed E-state index contributed by atoms with van der Waals surface area (Å²) in [5.41, 5.74) is -0.321. The van der Waals surface area contributed by atoms with Crippen LogP contribution >= 0.6 is 15.9 Å². The maximum absolute atomic E-state index is 12.8. The van der Waals surface area contributed by atoms with Crippen molar-refractivity contribution in [2.24, 2.45) is 0 Å². The first kappa shape index (κ1) is 18.5. The molecule has 0 aliphatic rings. The highest BCUT2D eigenvalue weighted by Crippen LogP contribution is 2.35. The van der Waals surface area contributed by atoms with Crippen LogP contribution in [0.4, 0.5) is 18.9 Å². The second-order valence-electron chi connectivity index (χ2n) is 5.27. The van der Waals surface area contributed by atoms with Crippen molar-refractivity contribution in [2.45, 2.75) is 11.3 Å². The van der Waals surface area contributed by atoms with Crippen LogP contribution < -0.4 is 9.46 Å². The molecule has 0 atom stereocenters. The van der Waals surface area contributed by atoms with E-state index in [2.05, 4.69) is 25.4 Å². The Morgan fingerprint density at radius 3 is 2.38 bits per heavy atom. The van der Waals surface area contributed by atoms with E-state index < -0.39 is 22.1 Å². The molecule has 9 heteroatoms. The van der Waals surface area contributed by atoms with E-state index >= 15 is 0 Å². The van der Waals surface area contributed by atoms with E-state index in [4.69, 9.17) is 0 Å². The second kappa shape index (κ2) is 6.81. The van der Waals surface area contributed by atoms with Crippen molar-refractivity contribution in [3.05, 3.63) is 65.1 Å². The molecule has 0 heterocycles. The van der Waals surface area contributed by atoms with E-state index in [0.717, 1.165) is 6.07 Å². The average molecular weight is 446 g/mol. The summed E-state index contributed by atoms with van der Waals surface area (Å²) >= 11 is 3.04. The van der Waals surface area contributed by atoms with Crippen molar-refractivity contribution in [2.75, 3.05) is 4.72 Å². The van der Waals surface area contributed by atoms with Gasteiger partial charge in [0, 0.05) is 9.86 Å². The minimum absolute atomic E-state index is 0.0449. The van der Waals surface area contributed by atoms with Crippen LogP contribution in [0.3, 0.4) is 0 Å². The first-order chi connectivity index (χ1) is 12.2. The van der Waals surface area contributed by atoms with E-state index in [0.29, 0.717) is 15.2 Å². The van der Waals surface area contributed by atoms with Gasteiger partial charge in [0.25, 0.3) is 10.0 Å². The van der Waals surface area contributed by atoms with E-state index in [1.165, 1.54) is 18.2 Å². The van der Waals surface area contributed by atoms with Crippen LogP contribution in [0.2, 0.25) is 0 Å². The van der Waals surface area contributed by atoms with Crippen molar-refractivity contribution in [1.82, 2.24) is 0 Å². The molecule has 0 saturated carbocycles. The van der Waals surface area contributed by atoms with Gasteiger partial charge < -0.3 is 4.74 Å². The number of anilines is 1. The normalized spacial score (nSPS) is 12.2. The predicted octanol–water partition coefficient (Wildman–Crippen LogP) is 5.30. The summed E-state index contributed by atoms with van der Waals surface area (Å²) in [5, 5.41) is 1.15. The molecule has 0 spiro atoms. The Balaban J connectivity index is 2.05. The van der Waals surface area contributed by atoms with E-state index in [1.807, 2.05) is 0 Å². The zero-order valence-corrected chi connectivity index (χ0v) is 15.3. The monoisotopic (exact) mass is 445 g/mol. The Bertz CT molecular complexity index is 1060. The van der Waals surface area contributed by atoms with Gasteiger partial charge in [-0.25, -0.2) is 8.42 Å². The van der Waals surface area contributed by atoms with Gasteiger partial charge >= 0.3 is 6.36 Å². The molecule has 0 amide bonds.